The van der Waals surface area contributed by atoms with Crippen LogP contribution in [-0.4, -0.2) is 177 Å². The molecule has 4 aromatic carbocycles. The number of para-hydroxylation sites is 1. The van der Waals surface area contributed by atoms with E-state index in [0.29, 0.717) is 90.2 Å². The Morgan fingerprint density at radius 3 is 1.14 bits per heavy atom. The molecular weight excluding hydrogens is 1320 g/mol. The first kappa shape index (κ1) is 64.8. The lowest BCUT2D eigenvalue weighted by Crippen LogP contribution is -2.38. The van der Waals surface area contributed by atoms with E-state index in [0.717, 1.165) is 53.8 Å². The SMILES string of the molecule is O=C(O)[C@H]1O[C@@H](n2cnc3c(NC4CCCCC4)ncnc32)[C@H]2OC3(Cc4ccccc4C3)OC12.OC[C@H]1O[C@@H](n2cnc3c(NC4CCCCC4)ncnc32)[C@H]2OC3(Cc4ccccc4C3)OC12.OC[C@H]1O[C@@H](n2cnc3c(Nc4ccccc4)ncnc32)[C@H]2OC3(Cc4ccccc4C3)OC12. The molecule has 6 aliphatic heterocycles. The Bertz CT molecular complexity index is 4720. The molecule has 11 aliphatic rings. The molecule has 0 bridgehead atoms. The number of rotatable bonds is 12. The number of aromatic nitrogens is 12. The van der Waals surface area contributed by atoms with Gasteiger partial charge >= 0.3 is 5.97 Å². The number of carboxylic acid groups (broad SMARTS) is 1. The van der Waals surface area contributed by atoms with Crippen LogP contribution in [0.15, 0.2) is 141 Å². The summed E-state index contributed by atoms with van der Waals surface area (Å²) in [6.45, 7) is -0.299. The van der Waals surface area contributed by atoms with Gasteiger partial charge < -0.3 is 73.9 Å². The second kappa shape index (κ2) is 26.3. The summed E-state index contributed by atoms with van der Waals surface area (Å²) in [6.07, 6.45) is 18.8. The summed E-state index contributed by atoms with van der Waals surface area (Å²) in [5.41, 5.74) is 12.1. The third kappa shape index (κ3) is 11.6. The number of carbonyl (C=O) groups is 1. The van der Waals surface area contributed by atoms with Crippen molar-refractivity contribution >= 4 is 62.6 Å². The first-order valence-electron chi connectivity index (χ1n) is 36.1. The third-order valence-electron chi connectivity index (χ3n) is 22.4. The lowest BCUT2D eigenvalue weighted by Gasteiger charge is -2.27. The van der Waals surface area contributed by atoms with Crippen molar-refractivity contribution in [3.63, 3.8) is 0 Å². The fraction of sp³-hybridized carbons (Fsp3) is 0.467. The van der Waals surface area contributed by atoms with Crippen LogP contribution in [0.2, 0.25) is 0 Å². The van der Waals surface area contributed by atoms with Gasteiger partial charge in [0.05, 0.1) is 32.2 Å². The highest BCUT2D eigenvalue weighted by Gasteiger charge is 2.64. The molecule has 28 heteroatoms. The van der Waals surface area contributed by atoms with Crippen LogP contribution in [0.5, 0.6) is 0 Å². The fourth-order valence-electron chi connectivity index (χ4n) is 17.7. The lowest BCUT2D eigenvalue weighted by atomic mass is 9.95. The number of anilines is 4. The molecule has 3 spiro atoms. The number of carboxylic acids is 1. The summed E-state index contributed by atoms with van der Waals surface area (Å²) in [7, 11) is 0. The Hall–Kier alpha value is -9.04. The molecule has 5 aliphatic carbocycles. The Morgan fingerprint density at radius 1 is 0.408 bits per heavy atom. The summed E-state index contributed by atoms with van der Waals surface area (Å²) < 4.78 is 63.0. The van der Waals surface area contributed by atoms with Crippen molar-refractivity contribution < 1.29 is 62.7 Å². The minimum absolute atomic E-state index is 0.139. The summed E-state index contributed by atoms with van der Waals surface area (Å²) >= 11 is 0. The molecular formula is C75H79N15O13. The highest BCUT2D eigenvalue weighted by atomic mass is 16.8. The van der Waals surface area contributed by atoms with Crippen molar-refractivity contribution in [3.8, 4) is 0 Å². The number of ether oxygens (including phenoxy) is 9. The molecule has 6 saturated heterocycles. The van der Waals surface area contributed by atoms with E-state index >= 15 is 0 Å². The Morgan fingerprint density at radius 2 is 0.748 bits per heavy atom. The number of fused-ring (bicyclic) bond motifs is 9. The number of aliphatic carboxylic acids is 1. The number of nitrogens with zero attached hydrogens (tertiary/aromatic N) is 12. The van der Waals surface area contributed by atoms with Gasteiger partial charge in [0, 0.05) is 56.3 Å². The topological polar surface area (TPSA) is 328 Å². The van der Waals surface area contributed by atoms with Gasteiger partial charge in [0.15, 0.2) is 93.1 Å². The van der Waals surface area contributed by atoms with Gasteiger partial charge in [-0.1, -0.05) is 130 Å². The normalized spacial score (nSPS) is 28.8. The Balaban J connectivity index is 0.000000107. The number of imidazole rings is 3. The summed E-state index contributed by atoms with van der Waals surface area (Å²) in [4.78, 5) is 52.7. The number of nitrogens with one attached hydrogen (secondary N) is 3. The quantitative estimate of drug-likeness (QED) is 0.0669. The van der Waals surface area contributed by atoms with Crippen LogP contribution in [0.1, 0.15) is 116 Å². The van der Waals surface area contributed by atoms with E-state index in [4.69, 9.17) is 42.6 Å². The molecule has 103 heavy (non-hydrogen) atoms. The van der Waals surface area contributed by atoms with Crippen molar-refractivity contribution in [2.45, 2.75) is 206 Å². The second-order valence-electron chi connectivity index (χ2n) is 29.0. The van der Waals surface area contributed by atoms with Gasteiger partial charge in [-0.15, -0.1) is 0 Å². The van der Waals surface area contributed by atoms with Gasteiger partial charge in [-0.2, -0.15) is 0 Å². The van der Waals surface area contributed by atoms with E-state index in [1.807, 2.05) is 75.9 Å². The van der Waals surface area contributed by atoms with Crippen LogP contribution < -0.4 is 16.0 Å². The number of aliphatic hydroxyl groups is 2. The van der Waals surface area contributed by atoms with Crippen LogP contribution in [0, 0.1) is 0 Å². The van der Waals surface area contributed by atoms with Crippen molar-refractivity contribution in [1.29, 1.82) is 0 Å². The molecule has 12 atom stereocenters. The Kier molecular flexibility index (Phi) is 16.5. The molecule has 532 valence electrons. The van der Waals surface area contributed by atoms with Crippen molar-refractivity contribution in [2.75, 3.05) is 29.2 Å². The predicted molar refractivity (Wildman–Crippen MR) is 369 cm³/mol. The van der Waals surface area contributed by atoms with E-state index in [-0.39, 0.29) is 31.5 Å². The van der Waals surface area contributed by atoms with Gasteiger partial charge in [-0.25, -0.2) is 49.7 Å². The molecule has 10 aromatic rings. The smallest absolute Gasteiger partial charge is 0.335 e. The summed E-state index contributed by atoms with van der Waals surface area (Å²) in [5.74, 6) is -1.35. The molecule has 6 N–H and O–H groups in total. The number of aliphatic hydroxyl groups excluding tert-OH is 2. The van der Waals surface area contributed by atoms with E-state index in [2.05, 4.69) is 97.2 Å². The highest BCUT2D eigenvalue weighted by Crippen LogP contribution is 2.53. The average molecular weight is 1400 g/mol. The van der Waals surface area contributed by atoms with Gasteiger partial charge in [-0.05, 0) is 71.2 Å². The second-order valence-corrected chi connectivity index (χ2v) is 29.0. The highest BCUT2D eigenvalue weighted by molar-refractivity contribution is 5.86. The van der Waals surface area contributed by atoms with Crippen LogP contribution in [0.25, 0.3) is 33.5 Å². The molecule has 3 unspecified atom stereocenters. The van der Waals surface area contributed by atoms with Gasteiger partial charge in [-0.3, -0.25) is 13.7 Å². The molecule has 2 saturated carbocycles. The molecule has 8 fully saturated rings. The first-order valence-corrected chi connectivity index (χ1v) is 36.1. The number of hydrogen-bond donors (Lipinski definition) is 6. The van der Waals surface area contributed by atoms with Crippen LogP contribution in [0.3, 0.4) is 0 Å². The zero-order valence-electron chi connectivity index (χ0n) is 56.4. The summed E-state index contributed by atoms with van der Waals surface area (Å²) in [6, 6.07) is 35.3. The maximum Gasteiger partial charge on any atom is 0.335 e. The number of hydrogen-bond acceptors (Lipinski definition) is 24. The van der Waals surface area contributed by atoms with Crippen molar-refractivity contribution in [2.24, 2.45) is 0 Å². The maximum absolute atomic E-state index is 12.1. The van der Waals surface area contributed by atoms with E-state index < -0.39 is 78.6 Å². The minimum Gasteiger partial charge on any atom is -0.479 e. The predicted octanol–water partition coefficient (Wildman–Crippen LogP) is 8.31. The van der Waals surface area contributed by atoms with Gasteiger partial charge in [0.2, 0.25) is 0 Å². The minimum atomic E-state index is -1.15. The van der Waals surface area contributed by atoms with Crippen LogP contribution >= 0.6 is 0 Å². The monoisotopic (exact) mass is 1400 g/mol. The van der Waals surface area contributed by atoms with Crippen LogP contribution in [0.4, 0.5) is 23.1 Å². The zero-order valence-corrected chi connectivity index (χ0v) is 56.4. The third-order valence-corrected chi connectivity index (χ3v) is 22.4. The van der Waals surface area contributed by atoms with E-state index in [1.165, 1.54) is 73.4 Å². The van der Waals surface area contributed by atoms with Gasteiger partial charge in [0.1, 0.15) is 67.8 Å². The molecule has 0 radical (unpaired) electrons. The maximum atomic E-state index is 12.1. The van der Waals surface area contributed by atoms with E-state index in [9.17, 15) is 20.1 Å². The molecule has 6 aromatic heterocycles. The first-order chi connectivity index (χ1) is 50.6. The van der Waals surface area contributed by atoms with E-state index in [1.54, 1.807) is 29.9 Å². The van der Waals surface area contributed by atoms with Crippen molar-refractivity contribution in [1.82, 2.24) is 58.6 Å². The molecule has 28 nitrogen and oxygen atoms in total. The number of benzene rings is 4. The molecule has 21 rings (SSSR count). The standard InChI is InChI=1S/C25H27N5O5.C25H29N5O4.C25H23N5O4/c31-24(32)20-18-19(35-25(34-18)10-14-6-4-5-7-15(14)11-25)23(33-20)30-13-28-17-21(26-12-27-22(17)30)29-16-8-2-1-3-9-16;2*31-12-18-20-21(34-25(33-20)10-15-6-4-5-7-16(15)11-25)24(32-18)30-14-28-19-22(26-13-27-23(19)30)29-17-8-2-1-3-9-17/h4-7,12-13,16,18-20,23H,1-3,8-11H2,(H,31,32)(H,26,27,29);4-7,13-14,17-18,20-21,24,31H,1-3,8-12H2,(H,26,27,29);1-9,13-14,18,20-21,24,31H,10-12H2,(H,26,27,29)/t18?,19-,20-,23+;2*18-,20?,21+,24-/m011/s1. The molecule has 12 heterocycles. The van der Waals surface area contributed by atoms with Gasteiger partial charge in [0.25, 0.3) is 0 Å². The largest absolute Gasteiger partial charge is 0.479 e. The van der Waals surface area contributed by atoms with Crippen LogP contribution in [-0.2, 0) is 86.0 Å². The zero-order chi connectivity index (χ0) is 69.0. The fourth-order valence-corrected chi connectivity index (χ4v) is 17.7. The average Bonchev–Trinajstić information content (AvgIpc) is 1.58. The van der Waals surface area contributed by atoms with Crippen molar-refractivity contribution in [3.05, 3.63) is 174 Å². The summed E-state index contributed by atoms with van der Waals surface area (Å²) in [5, 5.41) is 40.4. The Labute approximate surface area is 590 Å². The molecule has 0 amide bonds. The lowest BCUT2D eigenvalue weighted by molar-refractivity contribution is -0.214.